The van der Waals surface area contributed by atoms with Crippen molar-refractivity contribution < 1.29 is 14.2 Å². The number of hydrogen-bond donors (Lipinski definition) is 0. The number of hydrogen-bond acceptors (Lipinski definition) is 3. The third kappa shape index (κ3) is 7.04. The molecule has 16 heavy (non-hydrogen) atoms. The molecule has 0 aromatic carbocycles. The van der Waals surface area contributed by atoms with Crippen LogP contribution in [0.5, 0.6) is 0 Å². The number of rotatable bonds is 8. The first-order chi connectivity index (χ1) is 7.76. The molecule has 0 heterocycles. The maximum absolute atomic E-state index is 5.26. The topological polar surface area (TPSA) is 27.7 Å². The second-order valence-corrected chi connectivity index (χ2v) is 3.04. The van der Waals surface area contributed by atoms with Crippen LogP contribution < -0.4 is 0 Å². The molecule has 0 aromatic heterocycles. The molecule has 0 saturated carbocycles. The first kappa shape index (κ1) is 14.7. The zero-order chi connectivity index (χ0) is 12.2. The van der Waals surface area contributed by atoms with Crippen LogP contribution in [0.15, 0.2) is 35.9 Å². The zero-order valence-electron chi connectivity index (χ0n) is 10.7. The van der Waals surface area contributed by atoms with Gasteiger partial charge in [-0.25, -0.2) is 0 Å². The van der Waals surface area contributed by atoms with Gasteiger partial charge in [-0.2, -0.15) is 0 Å². The average Bonchev–Trinajstić information content (AvgIpc) is 2.30. The van der Waals surface area contributed by atoms with Crippen LogP contribution in [-0.4, -0.2) is 27.7 Å². The van der Waals surface area contributed by atoms with Gasteiger partial charge in [0.1, 0.15) is 7.85 Å². The van der Waals surface area contributed by atoms with Crippen LogP contribution in [-0.2, 0) is 14.2 Å². The van der Waals surface area contributed by atoms with E-state index in [1.54, 1.807) is 18.8 Å². The molecule has 0 aliphatic heterocycles. The normalized spacial score (nSPS) is 12.9. The maximum Gasteiger partial charge on any atom is 0.144 e. The van der Waals surface area contributed by atoms with Gasteiger partial charge in [-0.15, -0.1) is 0 Å². The molecule has 0 saturated heterocycles. The lowest BCUT2D eigenvalue weighted by atomic mass is 9.90. The van der Waals surface area contributed by atoms with E-state index in [2.05, 4.69) is 0 Å². The SMILES string of the molecule is B/C(=C/OCC)C(C=COCC)=COCC. The molecule has 0 radical (unpaired) electrons. The summed E-state index contributed by atoms with van der Waals surface area (Å²) >= 11 is 0. The Hall–Kier alpha value is -1.32. The minimum Gasteiger partial charge on any atom is -0.502 e. The van der Waals surface area contributed by atoms with Crippen molar-refractivity contribution in [3.8, 4) is 0 Å². The molecule has 90 valence electrons. The molecule has 0 spiro atoms. The van der Waals surface area contributed by atoms with Gasteiger partial charge in [-0.05, 0) is 32.3 Å². The third-order valence-electron chi connectivity index (χ3n) is 1.77. The Kier molecular flexibility index (Phi) is 9.37. The largest absolute Gasteiger partial charge is 0.502 e. The Morgan fingerprint density at radius 2 is 1.50 bits per heavy atom. The quantitative estimate of drug-likeness (QED) is 0.358. The molecule has 0 aliphatic rings. The fourth-order valence-corrected chi connectivity index (χ4v) is 0.931. The third-order valence-corrected chi connectivity index (χ3v) is 1.77. The fourth-order valence-electron chi connectivity index (χ4n) is 0.931. The van der Waals surface area contributed by atoms with Crippen molar-refractivity contribution in [2.75, 3.05) is 19.8 Å². The van der Waals surface area contributed by atoms with E-state index in [1.165, 1.54) is 0 Å². The summed E-state index contributed by atoms with van der Waals surface area (Å²) in [6, 6.07) is 0. The van der Waals surface area contributed by atoms with Crippen molar-refractivity contribution in [3.63, 3.8) is 0 Å². The van der Waals surface area contributed by atoms with E-state index in [-0.39, 0.29) is 0 Å². The van der Waals surface area contributed by atoms with Gasteiger partial charge in [0.2, 0.25) is 0 Å². The molecule has 0 aromatic rings. The second kappa shape index (κ2) is 10.2. The van der Waals surface area contributed by atoms with E-state index in [1.807, 2.05) is 34.7 Å². The van der Waals surface area contributed by atoms with E-state index < -0.39 is 0 Å². The smallest absolute Gasteiger partial charge is 0.144 e. The minimum atomic E-state index is 0.647. The molecule has 0 N–H and O–H groups in total. The highest BCUT2D eigenvalue weighted by molar-refractivity contribution is 6.24. The molecule has 0 amide bonds. The van der Waals surface area contributed by atoms with Crippen LogP contribution in [0.3, 0.4) is 0 Å². The predicted molar refractivity (Wildman–Crippen MR) is 68.7 cm³/mol. The zero-order valence-corrected chi connectivity index (χ0v) is 10.7. The number of allylic oxidation sites excluding steroid dienone is 3. The van der Waals surface area contributed by atoms with E-state index in [4.69, 9.17) is 14.2 Å². The second-order valence-electron chi connectivity index (χ2n) is 3.04. The monoisotopic (exact) mass is 224 g/mol. The van der Waals surface area contributed by atoms with Gasteiger partial charge in [0.05, 0.1) is 38.6 Å². The van der Waals surface area contributed by atoms with E-state index in [0.717, 1.165) is 11.0 Å². The van der Waals surface area contributed by atoms with Crippen LogP contribution in [0.25, 0.3) is 0 Å². The summed E-state index contributed by atoms with van der Waals surface area (Å²) in [5, 5.41) is 0. The molecular weight excluding hydrogens is 203 g/mol. The van der Waals surface area contributed by atoms with Gasteiger partial charge in [-0.3, -0.25) is 0 Å². The van der Waals surface area contributed by atoms with Gasteiger partial charge in [0.15, 0.2) is 0 Å². The van der Waals surface area contributed by atoms with Crippen molar-refractivity contribution in [3.05, 3.63) is 35.9 Å². The summed E-state index contributed by atoms with van der Waals surface area (Å²) in [5.74, 6) is 0. The van der Waals surface area contributed by atoms with Crippen molar-refractivity contribution in [2.24, 2.45) is 0 Å². The van der Waals surface area contributed by atoms with Gasteiger partial charge < -0.3 is 14.2 Å². The molecule has 0 rings (SSSR count). The van der Waals surface area contributed by atoms with Crippen molar-refractivity contribution in [2.45, 2.75) is 20.8 Å². The molecule has 0 bridgehead atoms. The van der Waals surface area contributed by atoms with Crippen LogP contribution >= 0.6 is 0 Å². The van der Waals surface area contributed by atoms with E-state index >= 15 is 0 Å². The Morgan fingerprint density at radius 3 is 2.06 bits per heavy atom. The Morgan fingerprint density at radius 1 is 0.938 bits per heavy atom. The maximum atomic E-state index is 5.26. The predicted octanol–water partition coefficient (Wildman–Crippen LogP) is 1.97. The Balaban J connectivity index is 4.53. The summed E-state index contributed by atoms with van der Waals surface area (Å²) in [6.45, 7) is 7.81. The molecule has 3 nitrogen and oxygen atoms in total. The molecule has 0 unspecified atom stereocenters. The lowest BCUT2D eigenvalue weighted by Gasteiger charge is -2.04. The summed E-state index contributed by atoms with van der Waals surface area (Å²) in [4.78, 5) is 0. The van der Waals surface area contributed by atoms with Crippen molar-refractivity contribution in [1.29, 1.82) is 0 Å². The highest BCUT2D eigenvalue weighted by Crippen LogP contribution is 2.09. The van der Waals surface area contributed by atoms with Crippen LogP contribution in [0, 0.1) is 0 Å². The van der Waals surface area contributed by atoms with Crippen LogP contribution in [0.4, 0.5) is 0 Å². The van der Waals surface area contributed by atoms with Crippen LogP contribution in [0.2, 0.25) is 0 Å². The van der Waals surface area contributed by atoms with Crippen LogP contribution in [0.1, 0.15) is 20.8 Å². The minimum absolute atomic E-state index is 0.647. The Labute approximate surface area is 99.2 Å². The summed E-state index contributed by atoms with van der Waals surface area (Å²) in [5.41, 5.74) is 1.95. The van der Waals surface area contributed by atoms with E-state index in [9.17, 15) is 0 Å². The van der Waals surface area contributed by atoms with Gasteiger partial charge >= 0.3 is 0 Å². The highest BCUT2D eigenvalue weighted by Gasteiger charge is 1.97. The highest BCUT2D eigenvalue weighted by atomic mass is 16.5. The average molecular weight is 224 g/mol. The van der Waals surface area contributed by atoms with Crippen molar-refractivity contribution >= 4 is 7.85 Å². The molecule has 0 atom stereocenters. The summed E-state index contributed by atoms with van der Waals surface area (Å²) in [7, 11) is 1.97. The van der Waals surface area contributed by atoms with Gasteiger partial charge in [0, 0.05) is 5.57 Å². The number of ether oxygens (including phenoxy) is 3. The Bertz CT molecular complexity index is 257. The lowest BCUT2D eigenvalue weighted by Crippen LogP contribution is -1.92. The molecule has 0 fully saturated rings. The fraction of sp³-hybridized carbons (Fsp3) is 0.500. The molecule has 0 aliphatic carbocycles. The molecule has 4 heteroatoms. The first-order valence-electron chi connectivity index (χ1n) is 5.64. The lowest BCUT2D eigenvalue weighted by molar-refractivity contribution is 0.261. The summed E-state index contributed by atoms with van der Waals surface area (Å²) in [6.07, 6.45) is 6.96. The van der Waals surface area contributed by atoms with Gasteiger partial charge in [-0.1, -0.05) is 0 Å². The standard InChI is InChI=1S/C12H21BO3/c1-4-14-8-7-11(9-15-5-2)12(13)10-16-6-3/h7-10H,4-6,13H2,1-3H3/b8-7?,11-9?,12-10+. The molecular formula is C12H21BO3. The van der Waals surface area contributed by atoms with E-state index in [0.29, 0.717) is 19.8 Å². The van der Waals surface area contributed by atoms with Gasteiger partial charge in [0.25, 0.3) is 0 Å². The summed E-state index contributed by atoms with van der Waals surface area (Å²) < 4.78 is 15.6. The first-order valence-corrected chi connectivity index (χ1v) is 5.64. The van der Waals surface area contributed by atoms with Crippen molar-refractivity contribution in [1.82, 2.24) is 0 Å².